The minimum atomic E-state index is -1.06. The summed E-state index contributed by atoms with van der Waals surface area (Å²) in [5, 5.41) is 7.35. The number of alkyl halides is 1. The highest BCUT2D eigenvalue weighted by Crippen LogP contribution is 2.22. The third kappa shape index (κ3) is 2.20. The summed E-state index contributed by atoms with van der Waals surface area (Å²) in [4.78, 5) is 0. The minimum absolute atomic E-state index is 0.397. The molecule has 1 atom stereocenters. The quantitative estimate of drug-likeness (QED) is 0.821. The van der Waals surface area contributed by atoms with Crippen LogP contribution in [0.4, 0.5) is 4.39 Å². The van der Waals surface area contributed by atoms with E-state index >= 15 is 0 Å². The van der Waals surface area contributed by atoms with Crippen molar-refractivity contribution in [3.63, 3.8) is 0 Å². The molecule has 0 saturated carbocycles. The van der Waals surface area contributed by atoms with Gasteiger partial charge in [-0.15, -0.1) is 0 Å². The van der Waals surface area contributed by atoms with Gasteiger partial charge in [0.05, 0.1) is 5.69 Å². The van der Waals surface area contributed by atoms with Crippen LogP contribution in [-0.4, -0.2) is 28.5 Å². The van der Waals surface area contributed by atoms with E-state index in [4.69, 9.17) is 0 Å². The van der Waals surface area contributed by atoms with Gasteiger partial charge in [0.1, 0.15) is 5.67 Å². The first-order valence-electron chi connectivity index (χ1n) is 5.57. The number of hydrogen-bond donors (Lipinski definition) is 1. The van der Waals surface area contributed by atoms with Gasteiger partial charge in [0, 0.05) is 31.7 Å². The molecular formula is C11H18FN3. The number of rotatable bonds is 4. The molecule has 1 aromatic rings. The Morgan fingerprint density at radius 1 is 1.67 bits per heavy atom. The second-order valence-corrected chi connectivity index (χ2v) is 4.48. The normalized spacial score (nSPS) is 21.0. The fourth-order valence-electron chi connectivity index (χ4n) is 1.75. The van der Waals surface area contributed by atoms with Crippen molar-refractivity contribution >= 4 is 0 Å². The van der Waals surface area contributed by atoms with Crippen molar-refractivity contribution in [1.29, 1.82) is 0 Å². The first kappa shape index (κ1) is 10.6. The van der Waals surface area contributed by atoms with E-state index in [0.717, 1.165) is 12.1 Å². The van der Waals surface area contributed by atoms with Gasteiger partial charge in [-0.25, -0.2) is 4.39 Å². The molecule has 0 radical (unpaired) electrons. The molecule has 0 aromatic carbocycles. The molecule has 0 bridgehead atoms. The third-order valence-electron chi connectivity index (χ3n) is 3.09. The van der Waals surface area contributed by atoms with E-state index in [1.807, 2.05) is 16.9 Å². The van der Waals surface area contributed by atoms with Gasteiger partial charge in [0.15, 0.2) is 0 Å². The Kier molecular flexibility index (Phi) is 2.78. The van der Waals surface area contributed by atoms with E-state index in [1.165, 1.54) is 0 Å². The zero-order valence-electron chi connectivity index (χ0n) is 9.33. The predicted molar refractivity (Wildman–Crippen MR) is 57.6 cm³/mol. The number of aromatic nitrogens is 2. The molecule has 1 N–H and O–H groups in total. The highest BCUT2D eigenvalue weighted by molar-refractivity contribution is 5.08. The second-order valence-electron chi connectivity index (χ2n) is 4.48. The Bertz CT molecular complexity index is 330. The molecule has 4 heteroatoms. The first-order valence-corrected chi connectivity index (χ1v) is 5.57. The highest BCUT2D eigenvalue weighted by atomic mass is 19.1. The van der Waals surface area contributed by atoms with Crippen LogP contribution in [0.5, 0.6) is 0 Å². The van der Waals surface area contributed by atoms with Crippen LogP contribution in [0.25, 0.3) is 0 Å². The summed E-state index contributed by atoms with van der Waals surface area (Å²) in [5.41, 5.74) is -0.200. The number of halogens is 1. The standard InChI is InChI=1S/C11H18FN3/c1-3-9(2)15-5-4-10(14-15)6-11(12)7-13-8-11/h4-5,9,13H,3,6-8H2,1-2H3. The Morgan fingerprint density at radius 3 is 2.93 bits per heavy atom. The maximum absolute atomic E-state index is 13.8. The van der Waals surface area contributed by atoms with Gasteiger partial charge in [-0.2, -0.15) is 5.10 Å². The van der Waals surface area contributed by atoms with Crippen molar-refractivity contribution in [3.8, 4) is 0 Å². The van der Waals surface area contributed by atoms with E-state index < -0.39 is 5.67 Å². The molecule has 3 nitrogen and oxygen atoms in total. The smallest absolute Gasteiger partial charge is 0.141 e. The van der Waals surface area contributed by atoms with Crippen LogP contribution in [0.3, 0.4) is 0 Å². The Balaban J connectivity index is 2.00. The zero-order chi connectivity index (χ0) is 10.9. The van der Waals surface area contributed by atoms with Crippen LogP contribution in [0, 0.1) is 0 Å². The van der Waals surface area contributed by atoms with Gasteiger partial charge >= 0.3 is 0 Å². The molecule has 2 heterocycles. The summed E-state index contributed by atoms with van der Waals surface area (Å²) in [6, 6.07) is 2.32. The van der Waals surface area contributed by atoms with Gasteiger partial charge in [-0.1, -0.05) is 6.92 Å². The maximum atomic E-state index is 13.8. The lowest BCUT2D eigenvalue weighted by atomic mass is 9.94. The minimum Gasteiger partial charge on any atom is -0.310 e. The molecular weight excluding hydrogens is 193 g/mol. The van der Waals surface area contributed by atoms with E-state index in [9.17, 15) is 4.39 Å². The molecule has 15 heavy (non-hydrogen) atoms. The monoisotopic (exact) mass is 211 g/mol. The third-order valence-corrected chi connectivity index (χ3v) is 3.09. The van der Waals surface area contributed by atoms with Crippen LogP contribution in [0.15, 0.2) is 12.3 Å². The molecule has 2 rings (SSSR count). The lowest BCUT2D eigenvalue weighted by molar-refractivity contribution is 0.0897. The number of hydrogen-bond acceptors (Lipinski definition) is 2. The van der Waals surface area contributed by atoms with Crippen molar-refractivity contribution in [3.05, 3.63) is 18.0 Å². The lowest BCUT2D eigenvalue weighted by Crippen LogP contribution is -2.57. The van der Waals surface area contributed by atoms with Gasteiger partial charge in [-0.05, 0) is 19.4 Å². The molecule has 1 fully saturated rings. The zero-order valence-corrected chi connectivity index (χ0v) is 9.33. The Morgan fingerprint density at radius 2 is 2.40 bits per heavy atom. The van der Waals surface area contributed by atoms with Crippen LogP contribution in [0.2, 0.25) is 0 Å². The molecule has 1 aliphatic heterocycles. The first-order chi connectivity index (χ1) is 7.13. The fraction of sp³-hybridized carbons (Fsp3) is 0.727. The number of nitrogens with one attached hydrogen (secondary N) is 1. The van der Waals surface area contributed by atoms with E-state index in [2.05, 4.69) is 24.3 Å². The second kappa shape index (κ2) is 3.93. The molecule has 0 aliphatic carbocycles. The van der Waals surface area contributed by atoms with E-state index in [1.54, 1.807) is 0 Å². The fourth-order valence-corrected chi connectivity index (χ4v) is 1.75. The van der Waals surface area contributed by atoms with Crippen molar-refractivity contribution in [2.75, 3.05) is 13.1 Å². The largest absolute Gasteiger partial charge is 0.310 e. The van der Waals surface area contributed by atoms with Crippen molar-refractivity contribution in [1.82, 2.24) is 15.1 Å². The number of nitrogens with zero attached hydrogens (tertiary/aromatic N) is 2. The summed E-state index contributed by atoms with van der Waals surface area (Å²) >= 11 is 0. The molecule has 1 aliphatic rings. The predicted octanol–water partition coefficient (Wildman–Crippen LogP) is 1.71. The Labute approximate surface area is 89.7 Å². The maximum Gasteiger partial charge on any atom is 0.141 e. The summed E-state index contributed by atoms with van der Waals surface area (Å²) in [5.74, 6) is 0. The summed E-state index contributed by atoms with van der Waals surface area (Å²) in [7, 11) is 0. The Hall–Kier alpha value is -0.900. The van der Waals surface area contributed by atoms with E-state index in [0.29, 0.717) is 25.6 Å². The van der Waals surface area contributed by atoms with Crippen molar-refractivity contribution in [2.45, 2.75) is 38.4 Å². The van der Waals surface area contributed by atoms with Crippen LogP contribution >= 0.6 is 0 Å². The topological polar surface area (TPSA) is 29.9 Å². The van der Waals surface area contributed by atoms with Crippen molar-refractivity contribution < 1.29 is 4.39 Å². The molecule has 1 unspecified atom stereocenters. The van der Waals surface area contributed by atoms with Gasteiger partial charge < -0.3 is 5.32 Å². The molecule has 0 spiro atoms. The van der Waals surface area contributed by atoms with Crippen molar-refractivity contribution in [2.24, 2.45) is 0 Å². The van der Waals surface area contributed by atoms with Crippen LogP contribution in [-0.2, 0) is 6.42 Å². The molecule has 1 saturated heterocycles. The highest BCUT2D eigenvalue weighted by Gasteiger charge is 2.37. The molecule has 0 amide bonds. The molecule has 84 valence electrons. The van der Waals surface area contributed by atoms with Crippen LogP contribution < -0.4 is 5.32 Å². The summed E-state index contributed by atoms with van der Waals surface area (Å²) in [6.45, 7) is 5.16. The van der Waals surface area contributed by atoms with Crippen LogP contribution in [0.1, 0.15) is 32.0 Å². The van der Waals surface area contributed by atoms with Gasteiger partial charge in [0.2, 0.25) is 0 Å². The SMILES string of the molecule is CCC(C)n1ccc(CC2(F)CNC2)n1. The van der Waals surface area contributed by atoms with E-state index in [-0.39, 0.29) is 0 Å². The average molecular weight is 211 g/mol. The van der Waals surface area contributed by atoms with Gasteiger partial charge in [-0.3, -0.25) is 4.68 Å². The summed E-state index contributed by atoms with van der Waals surface area (Å²) < 4.78 is 15.7. The molecule has 1 aromatic heterocycles. The average Bonchev–Trinajstić information content (AvgIpc) is 2.62. The van der Waals surface area contributed by atoms with Gasteiger partial charge in [0.25, 0.3) is 0 Å². The summed E-state index contributed by atoms with van der Waals surface area (Å²) in [6.07, 6.45) is 3.42. The lowest BCUT2D eigenvalue weighted by Gasteiger charge is -2.34.